The third-order valence-electron chi connectivity index (χ3n) is 7.35. The first-order chi connectivity index (χ1) is 16.8. The number of carboxylic acids is 1. The van der Waals surface area contributed by atoms with Crippen LogP contribution in [0, 0.1) is 11.8 Å². The summed E-state index contributed by atoms with van der Waals surface area (Å²) in [6.45, 7) is 4.34. The van der Waals surface area contributed by atoms with E-state index in [1.54, 1.807) is 0 Å². The lowest BCUT2D eigenvalue weighted by Crippen LogP contribution is -2.50. The minimum Gasteiger partial charge on any atom is -0.481 e. The zero-order chi connectivity index (χ0) is 25.0. The molecule has 0 aliphatic heterocycles. The summed E-state index contributed by atoms with van der Waals surface area (Å²) in [6, 6.07) is 16.4. The van der Waals surface area contributed by atoms with Gasteiger partial charge >= 0.3 is 12.1 Å². The van der Waals surface area contributed by atoms with Gasteiger partial charge in [-0.2, -0.15) is 0 Å². The number of carbonyl (C=O) groups is 3. The van der Waals surface area contributed by atoms with Gasteiger partial charge in [-0.1, -0.05) is 61.9 Å². The Kier molecular flexibility index (Phi) is 7.43. The maximum absolute atomic E-state index is 12.7. The van der Waals surface area contributed by atoms with Crippen LogP contribution in [-0.2, 0) is 14.3 Å². The largest absolute Gasteiger partial charge is 0.481 e. The van der Waals surface area contributed by atoms with Crippen LogP contribution in [0.3, 0.4) is 0 Å². The molecule has 2 unspecified atom stereocenters. The zero-order valence-electron chi connectivity index (χ0n) is 20.4. The molecule has 7 heteroatoms. The van der Waals surface area contributed by atoms with Gasteiger partial charge in [-0.15, -0.1) is 0 Å². The smallest absolute Gasteiger partial charge is 0.407 e. The normalized spacial score (nSPS) is 17.0. The lowest BCUT2D eigenvalue weighted by atomic mass is 9.90. The summed E-state index contributed by atoms with van der Waals surface area (Å²) >= 11 is 0. The van der Waals surface area contributed by atoms with Gasteiger partial charge in [-0.25, -0.2) is 4.79 Å². The van der Waals surface area contributed by atoms with Gasteiger partial charge in [-0.3, -0.25) is 9.59 Å². The molecule has 1 fully saturated rings. The summed E-state index contributed by atoms with van der Waals surface area (Å²) < 4.78 is 5.59. The molecular weight excluding hydrogens is 444 g/mol. The Hall–Kier alpha value is -3.35. The molecule has 2 amide bonds. The van der Waals surface area contributed by atoms with E-state index in [4.69, 9.17) is 4.74 Å². The standard InChI is InChI=1S/C28H34N2O5/c1-3-18(14-25(31)30-28(2,15-26(32)33)19-12-13-19)16-29-27(34)35-17-24-22-10-6-4-8-20(22)21-9-5-7-11-23(21)24/h4-11,18-19,24H,3,12-17H2,1-2H3,(H,29,34)(H,30,31)(H,32,33). The highest BCUT2D eigenvalue weighted by atomic mass is 16.5. The van der Waals surface area contributed by atoms with E-state index in [1.807, 2.05) is 38.1 Å². The molecule has 2 aromatic carbocycles. The van der Waals surface area contributed by atoms with Gasteiger partial charge < -0.3 is 20.5 Å². The topological polar surface area (TPSA) is 105 Å². The van der Waals surface area contributed by atoms with Gasteiger partial charge in [0, 0.05) is 18.9 Å². The van der Waals surface area contributed by atoms with E-state index in [9.17, 15) is 19.5 Å². The Morgan fingerprint density at radius 1 is 1.06 bits per heavy atom. The Bertz CT molecular complexity index is 1050. The second kappa shape index (κ2) is 10.5. The third-order valence-corrected chi connectivity index (χ3v) is 7.35. The quantitative estimate of drug-likeness (QED) is 0.434. The Morgan fingerprint density at radius 2 is 1.66 bits per heavy atom. The molecule has 0 radical (unpaired) electrons. The molecule has 2 aliphatic carbocycles. The van der Waals surface area contributed by atoms with E-state index in [-0.39, 0.29) is 43.1 Å². The first-order valence-corrected chi connectivity index (χ1v) is 12.4. The van der Waals surface area contributed by atoms with E-state index in [2.05, 4.69) is 34.9 Å². The van der Waals surface area contributed by atoms with Gasteiger partial charge in [0.1, 0.15) is 6.61 Å². The van der Waals surface area contributed by atoms with Gasteiger partial charge in [0.05, 0.1) is 12.0 Å². The fourth-order valence-electron chi connectivity index (χ4n) is 5.19. The maximum Gasteiger partial charge on any atom is 0.407 e. The Balaban J connectivity index is 1.27. The number of carboxylic acid groups (broad SMARTS) is 1. The van der Waals surface area contributed by atoms with Crippen LogP contribution in [0.4, 0.5) is 4.79 Å². The van der Waals surface area contributed by atoms with Crippen molar-refractivity contribution in [3.05, 3.63) is 59.7 Å². The van der Waals surface area contributed by atoms with Crippen LogP contribution in [0.5, 0.6) is 0 Å². The van der Waals surface area contributed by atoms with Crippen LogP contribution in [-0.4, -0.2) is 41.8 Å². The van der Waals surface area contributed by atoms with Gasteiger partial charge in [0.2, 0.25) is 5.91 Å². The number of rotatable bonds is 11. The molecule has 2 atom stereocenters. The number of ether oxygens (including phenoxy) is 1. The van der Waals surface area contributed by atoms with Crippen LogP contribution in [0.25, 0.3) is 11.1 Å². The first-order valence-electron chi connectivity index (χ1n) is 12.4. The summed E-state index contributed by atoms with van der Waals surface area (Å²) in [5, 5.41) is 15.0. The number of carbonyl (C=O) groups excluding carboxylic acids is 2. The Labute approximate surface area is 206 Å². The van der Waals surface area contributed by atoms with Crippen molar-refractivity contribution in [2.24, 2.45) is 11.8 Å². The summed E-state index contributed by atoms with van der Waals surface area (Å²) in [7, 11) is 0. The fourth-order valence-corrected chi connectivity index (χ4v) is 5.19. The molecule has 2 aliphatic rings. The van der Waals surface area contributed by atoms with Crippen LogP contribution < -0.4 is 10.6 Å². The second-order valence-electron chi connectivity index (χ2n) is 10.00. The highest BCUT2D eigenvalue weighted by Crippen LogP contribution is 2.44. The highest BCUT2D eigenvalue weighted by molar-refractivity contribution is 5.80. The summed E-state index contributed by atoms with van der Waals surface area (Å²) in [5.74, 6) is -0.953. The second-order valence-corrected chi connectivity index (χ2v) is 10.00. The summed E-state index contributed by atoms with van der Waals surface area (Å²) in [4.78, 5) is 36.4. The number of amides is 2. The Morgan fingerprint density at radius 3 is 2.20 bits per heavy atom. The molecule has 0 heterocycles. The molecule has 4 rings (SSSR count). The van der Waals surface area contributed by atoms with E-state index in [0.717, 1.165) is 24.0 Å². The summed E-state index contributed by atoms with van der Waals surface area (Å²) in [6.07, 6.45) is 2.21. The number of aliphatic carboxylic acids is 1. The molecule has 1 saturated carbocycles. The predicted molar refractivity (Wildman–Crippen MR) is 133 cm³/mol. The number of alkyl carbamates (subject to hydrolysis) is 1. The molecule has 3 N–H and O–H groups in total. The van der Waals surface area contributed by atoms with Crippen LogP contribution in [0.1, 0.15) is 63.0 Å². The predicted octanol–water partition coefficient (Wildman–Crippen LogP) is 4.70. The molecule has 2 aromatic rings. The van der Waals surface area contributed by atoms with Crippen molar-refractivity contribution in [3.63, 3.8) is 0 Å². The van der Waals surface area contributed by atoms with E-state index in [0.29, 0.717) is 13.0 Å². The maximum atomic E-state index is 12.7. The molecule has 0 spiro atoms. The van der Waals surface area contributed by atoms with Crippen molar-refractivity contribution in [2.75, 3.05) is 13.2 Å². The molecular formula is C28H34N2O5. The molecule has 0 aromatic heterocycles. The van der Waals surface area contributed by atoms with Crippen LogP contribution in [0.15, 0.2) is 48.5 Å². The fraction of sp³-hybridized carbons (Fsp3) is 0.464. The molecule has 0 bridgehead atoms. The molecule has 0 saturated heterocycles. The minimum absolute atomic E-state index is 0.00441. The van der Waals surface area contributed by atoms with Crippen molar-refractivity contribution in [3.8, 4) is 11.1 Å². The third kappa shape index (κ3) is 5.84. The average Bonchev–Trinajstić information content (AvgIpc) is 3.64. The lowest BCUT2D eigenvalue weighted by molar-refractivity contribution is -0.139. The summed E-state index contributed by atoms with van der Waals surface area (Å²) in [5.41, 5.74) is 3.95. The minimum atomic E-state index is -0.913. The van der Waals surface area contributed by atoms with E-state index < -0.39 is 17.6 Å². The van der Waals surface area contributed by atoms with Crippen molar-refractivity contribution in [1.82, 2.24) is 10.6 Å². The zero-order valence-corrected chi connectivity index (χ0v) is 20.4. The van der Waals surface area contributed by atoms with E-state index >= 15 is 0 Å². The highest BCUT2D eigenvalue weighted by Gasteiger charge is 2.44. The van der Waals surface area contributed by atoms with Gasteiger partial charge in [0.15, 0.2) is 0 Å². The molecule has 7 nitrogen and oxygen atoms in total. The number of benzene rings is 2. The van der Waals surface area contributed by atoms with Crippen molar-refractivity contribution in [1.29, 1.82) is 0 Å². The van der Waals surface area contributed by atoms with Gasteiger partial charge in [0.25, 0.3) is 0 Å². The monoisotopic (exact) mass is 478 g/mol. The van der Waals surface area contributed by atoms with E-state index in [1.165, 1.54) is 11.1 Å². The van der Waals surface area contributed by atoms with Crippen LogP contribution >= 0.6 is 0 Å². The molecule has 35 heavy (non-hydrogen) atoms. The SMILES string of the molecule is CCC(CNC(=O)OCC1c2ccccc2-c2ccccc21)CC(=O)NC(C)(CC(=O)O)C1CC1. The molecule has 186 valence electrons. The number of hydrogen-bond donors (Lipinski definition) is 3. The number of hydrogen-bond acceptors (Lipinski definition) is 4. The van der Waals surface area contributed by atoms with Crippen molar-refractivity contribution in [2.45, 2.75) is 57.4 Å². The average molecular weight is 479 g/mol. The van der Waals surface area contributed by atoms with Crippen molar-refractivity contribution >= 4 is 18.0 Å². The first kappa shape index (κ1) is 24.8. The lowest BCUT2D eigenvalue weighted by Gasteiger charge is -2.30. The number of nitrogens with one attached hydrogen (secondary N) is 2. The van der Waals surface area contributed by atoms with Crippen LogP contribution in [0.2, 0.25) is 0 Å². The number of fused-ring (bicyclic) bond motifs is 3. The van der Waals surface area contributed by atoms with Crippen molar-refractivity contribution < 1.29 is 24.2 Å². The van der Waals surface area contributed by atoms with Gasteiger partial charge in [-0.05, 0) is 53.9 Å².